The Morgan fingerprint density at radius 2 is 1.78 bits per heavy atom. The monoisotopic (exact) mass is 424 g/mol. The van der Waals surface area contributed by atoms with Crippen molar-refractivity contribution in [2.24, 2.45) is 0 Å². The fourth-order valence-corrected chi connectivity index (χ4v) is 1.75. The van der Waals surface area contributed by atoms with Gasteiger partial charge in [0.05, 0.1) is 7.11 Å². The van der Waals surface area contributed by atoms with Crippen LogP contribution in [0.3, 0.4) is 0 Å². The number of hydrogen-bond acceptors (Lipinski definition) is 2. The first-order valence-electron chi connectivity index (χ1n) is 4.97. The number of para-hydroxylation sites is 1. The van der Waals surface area contributed by atoms with E-state index in [9.17, 15) is 4.39 Å². The van der Waals surface area contributed by atoms with Gasteiger partial charge in [0, 0.05) is 8.04 Å². The summed E-state index contributed by atoms with van der Waals surface area (Å²) in [6.07, 6.45) is 0. The fourth-order valence-electron chi connectivity index (χ4n) is 1.13. The van der Waals surface area contributed by atoms with E-state index in [1.54, 1.807) is 0 Å². The van der Waals surface area contributed by atoms with Crippen molar-refractivity contribution in [1.82, 2.24) is 0 Å². The summed E-state index contributed by atoms with van der Waals surface area (Å²) in [4.78, 5) is 0. The number of ether oxygens (including phenoxy) is 1. The van der Waals surface area contributed by atoms with Crippen LogP contribution >= 0.6 is 38.5 Å². The summed E-state index contributed by atoms with van der Waals surface area (Å²) < 4.78 is 19.5. The number of benzene rings is 2. The Morgan fingerprint density at radius 3 is 2.17 bits per heavy atom. The third kappa shape index (κ3) is 4.81. The highest BCUT2D eigenvalue weighted by atomic mass is 127. The molecule has 0 atom stereocenters. The van der Waals surface area contributed by atoms with Gasteiger partial charge in [0.15, 0.2) is 17.3 Å². The number of phenols is 1. The van der Waals surface area contributed by atoms with Crippen LogP contribution in [0.25, 0.3) is 0 Å². The molecule has 0 saturated heterocycles. The van der Waals surface area contributed by atoms with E-state index in [1.165, 1.54) is 28.9 Å². The molecule has 0 aromatic heterocycles. The van der Waals surface area contributed by atoms with Crippen LogP contribution in [0.1, 0.15) is 0 Å². The largest absolute Gasteiger partial charge is 0.504 e. The molecule has 0 unspecified atom stereocenters. The minimum Gasteiger partial charge on any atom is -0.504 e. The maximum atomic E-state index is 12.6. The predicted octanol–water partition coefficient (Wildman–Crippen LogP) is 4.59. The quantitative estimate of drug-likeness (QED) is 0.678. The standard InChI is InChI=1S/C7H7FO2.C6H4BrI/c1-10-7-5(8)3-2-4-6(7)9;7-5-1-3-6(8)4-2-5/h2-4,9H,1H3;1-4H. The minimum absolute atomic E-state index is 0.109. The molecule has 0 fully saturated rings. The zero-order chi connectivity index (χ0) is 13.5. The molecule has 2 aromatic rings. The molecule has 0 spiro atoms. The Hall–Kier alpha value is -0.820. The van der Waals surface area contributed by atoms with E-state index in [4.69, 9.17) is 5.11 Å². The van der Waals surface area contributed by atoms with E-state index in [0.29, 0.717) is 0 Å². The Labute approximate surface area is 127 Å². The summed E-state index contributed by atoms with van der Waals surface area (Å²) in [7, 11) is 1.30. The second-order valence-electron chi connectivity index (χ2n) is 3.23. The number of aromatic hydroxyl groups is 1. The molecule has 5 heteroatoms. The van der Waals surface area contributed by atoms with Crippen molar-refractivity contribution in [2.75, 3.05) is 7.11 Å². The van der Waals surface area contributed by atoms with Crippen LogP contribution in [0, 0.1) is 9.39 Å². The second-order valence-corrected chi connectivity index (χ2v) is 5.39. The van der Waals surface area contributed by atoms with Crippen molar-refractivity contribution >= 4 is 38.5 Å². The number of halogens is 3. The maximum absolute atomic E-state index is 12.6. The molecule has 0 aliphatic rings. The summed E-state index contributed by atoms with van der Waals surface area (Å²) in [5.74, 6) is -0.840. The van der Waals surface area contributed by atoms with Gasteiger partial charge in [0.2, 0.25) is 0 Å². The van der Waals surface area contributed by atoms with Gasteiger partial charge in [0.1, 0.15) is 0 Å². The minimum atomic E-state index is -0.553. The second kappa shape index (κ2) is 7.58. The predicted molar refractivity (Wildman–Crippen MR) is 81.5 cm³/mol. The first-order chi connectivity index (χ1) is 8.54. The van der Waals surface area contributed by atoms with Crippen molar-refractivity contribution in [1.29, 1.82) is 0 Å². The summed E-state index contributed by atoms with van der Waals surface area (Å²) in [5, 5.41) is 8.93. The molecule has 0 radical (unpaired) electrons. The maximum Gasteiger partial charge on any atom is 0.196 e. The molecule has 0 aliphatic carbocycles. The third-order valence-corrected chi connectivity index (χ3v) is 3.20. The van der Waals surface area contributed by atoms with Gasteiger partial charge in [0.25, 0.3) is 0 Å². The molecule has 0 bridgehead atoms. The van der Waals surface area contributed by atoms with E-state index >= 15 is 0 Å². The molecule has 2 nitrogen and oxygen atoms in total. The first-order valence-corrected chi connectivity index (χ1v) is 6.84. The van der Waals surface area contributed by atoms with Crippen molar-refractivity contribution in [3.05, 3.63) is 56.3 Å². The smallest absolute Gasteiger partial charge is 0.196 e. The van der Waals surface area contributed by atoms with Gasteiger partial charge in [-0.15, -0.1) is 0 Å². The number of hydrogen-bond donors (Lipinski definition) is 1. The average Bonchev–Trinajstić information content (AvgIpc) is 2.34. The highest BCUT2D eigenvalue weighted by Crippen LogP contribution is 2.27. The topological polar surface area (TPSA) is 29.5 Å². The van der Waals surface area contributed by atoms with E-state index in [1.807, 2.05) is 12.1 Å². The van der Waals surface area contributed by atoms with Crippen LogP contribution in [-0.4, -0.2) is 12.2 Å². The van der Waals surface area contributed by atoms with Crippen LogP contribution in [0.4, 0.5) is 4.39 Å². The lowest BCUT2D eigenvalue weighted by atomic mass is 10.3. The van der Waals surface area contributed by atoms with Crippen molar-refractivity contribution in [3.8, 4) is 11.5 Å². The first kappa shape index (κ1) is 15.2. The molecule has 0 saturated carbocycles. The third-order valence-electron chi connectivity index (χ3n) is 1.95. The summed E-state index contributed by atoms with van der Waals surface area (Å²) in [6.45, 7) is 0. The van der Waals surface area contributed by atoms with Gasteiger partial charge in [-0.3, -0.25) is 0 Å². The van der Waals surface area contributed by atoms with Gasteiger partial charge < -0.3 is 9.84 Å². The SMILES string of the molecule is Brc1ccc(I)cc1.COc1c(O)cccc1F. The fraction of sp³-hybridized carbons (Fsp3) is 0.0769. The number of phenolic OH excluding ortho intramolecular Hbond substituents is 1. The van der Waals surface area contributed by atoms with Crippen LogP contribution in [0.5, 0.6) is 11.5 Å². The summed E-state index contributed by atoms with van der Waals surface area (Å²) in [6, 6.07) is 12.2. The van der Waals surface area contributed by atoms with E-state index in [0.717, 1.165) is 4.47 Å². The number of methoxy groups -OCH3 is 1. The van der Waals surface area contributed by atoms with Crippen LogP contribution in [-0.2, 0) is 0 Å². The van der Waals surface area contributed by atoms with Crippen molar-refractivity contribution < 1.29 is 14.2 Å². The van der Waals surface area contributed by atoms with Gasteiger partial charge >= 0.3 is 0 Å². The van der Waals surface area contributed by atoms with Crippen molar-refractivity contribution in [3.63, 3.8) is 0 Å². The van der Waals surface area contributed by atoms with Gasteiger partial charge in [-0.1, -0.05) is 22.0 Å². The molecule has 0 heterocycles. The van der Waals surface area contributed by atoms with E-state index < -0.39 is 5.82 Å². The van der Waals surface area contributed by atoms with Crippen LogP contribution in [0.15, 0.2) is 46.9 Å². The van der Waals surface area contributed by atoms with Crippen molar-refractivity contribution in [2.45, 2.75) is 0 Å². The van der Waals surface area contributed by atoms with E-state index in [-0.39, 0.29) is 11.5 Å². The molecule has 96 valence electrons. The van der Waals surface area contributed by atoms with Crippen LogP contribution in [0.2, 0.25) is 0 Å². The molecular formula is C13H11BrFIO2. The van der Waals surface area contributed by atoms with Gasteiger partial charge in [-0.05, 0) is 59.0 Å². The average molecular weight is 425 g/mol. The normalized spacial score (nSPS) is 9.33. The highest BCUT2D eigenvalue weighted by molar-refractivity contribution is 14.1. The Morgan fingerprint density at radius 1 is 1.17 bits per heavy atom. The lowest BCUT2D eigenvalue weighted by Gasteiger charge is -2.01. The molecule has 0 amide bonds. The Bertz CT molecular complexity index is 462. The Balaban J connectivity index is 0.000000184. The van der Waals surface area contributed by atoms with Crippen LogP contribution < -0.4 is 4.74 Å². The molecule has 1 N–H and O–H groups in total. The van der Waals surface area contributed by atoms with Gasteiger partial charge in [-0.25, -0.2) is 4.39 Å². The zero-order valence-electron chi connectivity index (χ0n) is 9.53. The lowest BCUT2D eigenvalue weighted by molar-refractivity contribution is 0.351. The molecule has 18 heavy (non-hydrogen) atoms. The number of rotatable bonds is 1. The summed E-state index contributed by atoms with van der Waals surface area (Å²) >= 11 is 5.62. The lowest BCUT2D eigenvalue weighted by Crippen LogP contribution is -1.86. The molecule has 0 aliphatic heterocycles. The van der Waals surface area contributed by atoms with Gasteiger partial charge in [-0.2, -0.15) is 0 Å². The van der Waals surface area contributed by atoms with E-state index in [2.05, 4.69) is 55.4 Å². The Kier molecular flexibility index (Phi) is 6.42. The summed E-state index contributed by atoms with van der Waals surface area (Å²) in [5.41, 5.74) is 0. The zero-order valence-corrected chi connectivity index (χ0v) is 13.3. The molecular weight excluding hydrogens is 414 g/mol. The molecule has 2 rings (SSSR count). The highest BCUT2D eigenvalue weighted by Gasteiger charge is 2.05. The molecule has 2 aromatic carbocycles.